The summed E-state index contributed by atoms with van der Waals surface area (Å²) in [4.78, 5) is 7.95. The third-order valence-corrected chi connectivity index (χ3v) is 1.84. The molecule has 1 saturated heterocycles. The van der Waals surface area contributed by atoms with Crippen LogP contribution in [0, 0.1) is 0 Å². The van der Waals surface area contributed by atoms with Crippen LogP contribution < -0.4 is 10.1 Å². The first kappa shape index (κ1) is 13.4. The van der Waals surface area contributed by atoms with E-state index in [0.29, 0.717) is 5.88 Å². The van der Waals surface area contributed by atoms with Crippen molar-refractivity contribution in [1.29, 1.82) is 0 Å². The Bertz CT molecular complexity index is 242. The van der Waals surface area contributed by atoms with Gasteiger partial charge in [-0.2, -0.15) is 0 Å². The van der Waals surface area contributed by atoms with Gasteiger partial charge in [-0.05, 0) is 13.0 Å². The van der Waals surface area contributed by atoms with Gasteiger partial charge in [0, 0.05) is 18.9 Å². The molecule has 1 fully saturated rings. The van der Waals surface area contributed by atoms with Gasteiger partial charge in [0.1, 0.15) is 6.10 Å². The maximum absolute atomic E-state index is 5.54. The Hall–Kier alpha value is -0.580. The number of aromatic nitrogens is 2. The van der Waals surface area contributed by atoms with Crippen molar-refractivity contribution in [3.8, 4) is 5.88 Å². The Balaban J connectivity index is 0.000000845. The smallest absolute Gasteiger partial charge is 0.232 e. The zero-order valence-corrected chi connectivity index (χ0v) is 9.18. The average Bonchev–Trinajstić information content (AvgIpc) is 2.59. The van der Waals surface area contributed by atoms with E-state index in [4.69, 9.17) is 4.74 Å². The van der Waals surface area contributed by atoms with E-state index in [0.717, 1.165) is 19.5 Å². The SMILES string of the molecule is Cl.Cl.c1cnc(OC2CCNC2)cn1. The van der Waals surface area contributed by atoms with Gasteiger partial charge in [-0.3, -0.25) is 4.98 Å². The van der Waals surface area contributed by atoms with E-state index >= 15 is 0 Å². The van der Waals surface area contributed by atoms with Crippen LogP contribution in [0.5, 0.6) is 5.88 Å². The van der Waals surface area contributed by atoms with E-state index < -0.39 is 0 Å². The highest BCUT2D eigenvalue weighted by atomic mass is 35.5. The molecule has 0 bridgehead atoms. The maximum Gasteiger partial charge on any atom is 0.232 e. The van der Waals surface area contributed by atoms with E-state index in [2.05, 4.69) is 15.3 Å². The van der Waals surface area contributed by atoms with Crippen molar-refractivity contribution >= 4 is 24.8 Å². The second-order valence-electron chi connectivity index (χ2n) is 2.78. The summed E-state index contributed by atoms with van der Waals surface area (Å²) in [5.74, 6) is 0.617. The number of hydrogen-bond donors (Lipinski definition) is 1. The van der Waals surface area contributed by atoms with Gasteiger partial charge in [0.2, 0.25) is 5.88 Å². The van der Waals surface area contributed by atoms with Crippen LogP contribution in [0.1, 0.15) is 6.42 Å². The predicted molar refractivity (Wildman–Crippen MR) is 58.4 cm³/mol. The van der Waals surface area contributed by atoms with Gasteiger partial charge < -0.3 is 10.1 Å². The molecule has 1 aliphatic rings. The number of nitrogens with one attached hydrogen (secondary N) is 1. The summed E-state index contributed by atoms with van der Waals surface area (Å²) >= 11 is 0. The topological polar surface area (TPSA) is 47.0 Å². The second kappa shape index (κ2) is 6.81. The van der Waals surface area contributed by atoms with E-state index in [1.54, 1.807) is 18.6 Å². The van der Waals surface area contributed by atoms with Crippen molar-refractivity contribution in [3.63, 3.8) is 0 Å². The van der Waals surface area contributed by atoms with Crippen LogP contribution in [-0.2, 0) is 0 Å². The molecule has 1 atom stereocenters. The molecule has 14 heavy (non-hydrogen) atoms. The van der Waals surface area contributed by atoms with Crippen LogP contribution in [0.3, 0.4) is 0 Å². The molecule has 0 spiro atoms. The lowest BCUT2D eigenvalue weighted by atomic mass is 10.3. The highest BCUT2D eigenvalue weighted by Gasteiger charge is 2.15. The second-order valence-corrected chi connectivity index (χ2v) is 2.78. The molecule has 1 aromatic rings. The molecule has 1 aromatic heterocycles. The molecule has 6 heteroatoms. The number of nitrogens with zero attached hydrogens (tertiary/aromatic N) is 2. The van der Waals surface area contributed by atoms with Gasteiger partial charge in [0.15, 0.2) is 0 Å². The number of ether oxygens (including phenoxy) is 1. The lowest BCUT2D eigenvalue weighted by Crippen LogP contribution is -2.20. The minimum Gasteiger partial charge on any atom is -0.472 e. The summed E-state index contributed by atoms with van der Waals surface area (Å²) in [6.07, 6.45) is 6.23. The molecule has 2 rings (SSSR count). The van der Waals surface area contributed by atoms with Gasteiger partial charge in [0.05, 0.1) is 6.20 Å². The maximum atomic E-state index is 5.54. The van der Waals surface area contributed by atoms with Crippen molar-refractivity contribution in [1.82, 2.24) is 15.3 Å². The van der Waals surface area contributed by atoms with Crippen LogP contribution in [0.4, 0.5) is 0 Å². The first-order chi connectivity index (χ1) is 5.95. The molecular formula is C8H13Cl2N3O. The summed E-state index contributed by atoms with van der Waals surface area (Å²) in [5, 5.41) is 3.22. The summed E-state index contributed by atoms with van der Waals surface area (Å²) in [5.41, 5.74) is 0. The monoisotopic (exact) mass is 237 g/mol. The fourth-order valence-electron chi connectivity index (χ4n) is 1.25. The van der Waals surface area contributed by atoms with Crippen molar-refractivity contribution < 1.29 is 4.74 Å². The van der Waals surface area contributed by atoms with Crippen LogP contribution in [0.25, 0.3) is 0 Å². The minimum absolute atomic E-state index is 0. The van der Waals surface area contributed by atoms with E-state index in [-0.39, 0.29) is 30.9 Å². The van der Waals surface area contributed by atoms with Crippen molar-refractivity contribution in [2.75, 3.05) is 13.1 Å². The predicted octanol–water partition coefficient (Wildman–Crippen LogP) is 1.06. The number of hydrogen-bond acceptors (Lipinski definition) is 4. The third-order valence-electron chi connectivity index (χ3n) is 1.84. The molecule has 80 valence electrons. The van der Waals surface area contributed by atoms with Gasteiger partial charge in [-0.25, -0.2) is 4.98 Å². The highest BCUT2D eigenvalue weighted by Crippen LogP contribution is 2.08. The largest absolute Gasteiger partial charge is 0.472 e. The third kappa shape index (κ3) is 3.65. The molecule has 0 aliphatic carbocycles. The molecule has 1 unspecified atom stereocenters. The molecule has 0 aromatic carbocycles. The normalized spacial score (nSPS) is 19.3. The van der Waals surface area contributed by atoms with E-state index in [1.807, 2.05) is 0 Å². The quantitative estimate of drug-likeness (QED) is 0.836. The van der Waals surface area contributed by atoms with E-state index in [9.17, 15) is 0 Å². The summed E-state index contributed by atoms with van der Waals surface area (Å²) in [7, 11) is 0. The lowest BCUT2D eigenvalue weighted by molar-refractivity contribution is 0.213. The fourth-order valence-corrected chi connectivity index (χ4v) is 1.25. The minimum atomic E-state index is 0. The van der Waals surface area contributed by atoms with Crippen LogP contribution in [0.2, 0.25) is 0 Å². The standard InChI is InChI=1S/C8H11N3O.2ClH/c1-2-9-5-7(1)12-8-6-10-3-4-11-8;;/h3-4,6-7,9H,1-2,5H2;2*1H. The zero-order chi connectivity index (χ0) is 8.23. The first-order valence-corrected chi connectivity index (χ1v) is 4.08. The number of rotatable bonds is 2. The zero-order valence-electron chi connectivity index (χ0n) is 7.55. The molecule has 0 radical (unpaired) electrons. The van der Waals surface area contributed by atoms with Crippen molar-refractivity contribution in [2.45, 2.75) is 12.5 Å². The average molecular weight is 238 g/mol. The Morgan fingerprint density at radius 3 is 2.79 bits per heavy atom. The van der Waals surface area contributed by atoms with E-state index in [1.165, 1.54) is 0 Å². The van der Waals surface area contributed by atoms with Gasteiger partial charge >= 0.3 is 0 Å². The van der Waals surface area contributed by atoms with Gasteiger partial charge in [-0.15, -0.1) is 24.8 Å². The van der Waals surface area contributed by atoms with Crippen molar-refractivity contribution in [3.05, 3.63) is 18.6 Å². The fraction of sp³-hybridized carbons (Fsp3) is 0.500. The summed E-state index contributed by atoms with van der Waals surface area (Å²) in [6.45, 7) is 1.95. The Morgan fingerprint density at radius 2 is 2.21 bits per heavy atom. The molecule has 0 amide bonds. The van der Waals surface area contributed by atoms with Crippen LogP contribution in [0.15, 0.2) is 18.6 Å². The molecule has 1 N–H and O–H groups in total. The highest BCUT2D eigenvalue weighted by molar-refractivity contribution is 5.85. The lowest BCUT2D eigenvalue weighted by Gasteiger charge is -2.09. The van der Waals surface area contributed by atoms with Gasteiger partial charge in [0.25, 0.3) is 0 Å². The Labute approximate surface area is 95.3 Å². The molecular weight excluding hydrogens is 225 g/mol. The Kier molecular flexibility index (Phi) is 6.53. The number of halogens is 2. The van der Waals surface area contributed by atoms with Crippen LogP contribution in [-0.4, -0.2) is 29.2 Å². The van der Waals surface area contributed by atoms with Gasteiger partial charge in [-0.1, -0.05) is 0 Å². The van der Waals surface area contributed by atoms with Crippen LogP contribution >= 0.6 is 24.8 Å². The Morgan fingerprint density at radius 1 is 1.36 bits per heavy atom. The summed E-state index contributed by atoms with van der Waals surface area (Å²) in [6, 6.07) is 0. The van der Waals surface area contributed by atoms with Crippen molar-refractivity contribution in [2.24, 2.45) is 0 Å². The summed E-state index contributed by atoms with van der Waals surface area (Å²) < 4.78 is 5.54. The molecule has 4 nitrogen and oxygen atoms in total. The molecule has 2 heterocycles. The molecule has 1 aliphatic heterocycles. The molecule has 0 saturated carbocycles. The first-order valence-electron chi connectivity index (χ1n) is 4.08.